The Hall–Kier alpha value is 0.240. The fraction of sp³-hybridized carbons (Fsp3) is 0.889. The standard InChI is InChI=1S/C9H16OS2/c1-3-5-9(6-4-2)7-12-8(11)10-9/h3-7H2,1-2H3. The maximum atomic E-state index is 5.72. The van der Waals surface area contributed by atoms with Gasteiger partial charge in [-0.05, 0) is 25.1 Å². The number of hydrogen-bond acceptors (Lipinski definition) is 3. The summed E-state index contributed by atoms with van der Waals surface area (Å²) in [6, 6.07) is 0. The summed E-state index contributed by atoms with van der Waals surface area (Å²) < 4.78 is 6.47. The van der Waals surface area contributed by atoms with Crippen LogP contribution in [0.1, 0.15) is 39.5 Å². The molecule has 1 nitrogen and oxygen atoms in total. The highest BCUT2D eigenvalue weighted by molar-refractivity contribution is 8.22. The largest absolute Gasteiger partial charge is 0.471 e. The van der Waals surface area contributed by atoms with Gasteiger partial charge in [0.15, 0.2) is 0 Å². The minimum Gasteiger partial charge on any atom is -0.471 e. The third-order valence-electron chi connectivity index (χ3n) is 2.16. The Balaban J connectivity index is 2.54. The molecule has 70 valence electrons. The quantitative estimate of drug-likeness (QED) is 0.650. The Morgan fingerprint density at radius 2 is 2.00 bits per heavy atom. The van der Waals surface area contributed by atoms with Gasteiger partial charge in [0.05, 0.1) is 0 Å². The monoisotopic (exact) mass is 204 g/mol. The molecule has 1 saturated heterocycles. The first-order chi connectivity index (χ1) is 5.72. The summed E-state index contributed by atoms with van der Waals surface area (Å²) in [7, 11) is 0. The predicted octanol–water partition coefficient (Wildman–Crippen LogP) is 3.37. The average molecular weight is 204 g/mol. The molecule has 0 aromatic heterocycles. The van der Waals surface area contributed by atoms with Crippen LogP contribution in [-0.4, -0.2) is 15.7 Å². The zero-order chi connectivity index (χ0) is 9.03. The van der Waals surface area contributed by atoms with Crippen molar-refractivity contribution in [1.82, 2.24) is 0 Å². The highest BCUT2D eigenvalue weighted by atomic mass is 32.2. The molecule has 1 aliphatic heterocycles. The van der Waals surface area contributed by atoms with Crippen LogP contribution in [-0.2, 0) is 4.74 Å². The van der Waals surface area contributed by atoms with Crippen LogP contribution >= 0.6 is 24.0 Å². The lowest BCUT2D eigenvalue weighted by atomic mass is 9.95. The van der Waals surface area contributed by atoms with Crippen molar-refractivity contribution in [2.24, 2.45) is 0 Å². The van der Waals surface area contributed by atoms with Crippen LogP contribution in [0.4, 0.5) is 0 Å². The van der Waals surface area contributed by atoms with Gasteiger partial charge in [0.2, 0.25) is 4.38 Å². The topological polar surface area (TPSA) is 9.23 Å². The Bertz CT molecular complexity index is 162. The average Bonchev–Trinajstić information content (AvgIpc) is 2.34. The fourth-order valence-electron chi connectivity index (χ4n) is 1.71. The molecule has 1 rings (SSSR count). The van der Waals surface area contributed by atoms with E-state index in [0.717, 1.165) is 23.0 Å². The van der Waals surface area contributed by atoms with E-state index in [1.54, 1.807) is 11.8 Å². The van der Waals surface area contributed by atoms with Crippen molar-refractivity contribution in [1.29, 1.82) is 0 Å². The van der Waals surface area contributed by atoms with Gasteiger partial charge in [0.1, 0.15) is 5.60 Å². The van der Waals surface area contributed by atoms with E-state index in [2.05, 4.69) is 13.8 Å². The molecule has 0 aliphatic carbocycles. The van der Waals surface area contributed by atoms with Gasteiger partial charge in [-0.15, -0.1) is 0 Å². The van der Waals surface area contributed by atoms with Crippen molar-refractivity contribution in [2.75, 3.05) is 5.75 Å². The zero-order valence-electron chi connectivity index (χ0n) is 7.76. The van der Waals surface area contributed by atoms with E-state index in [9.17, 15) is 0 Å². The molecule has 0 aromatic carbocycles. The molecular weight excluding hydrogens is 188 g/mol. The Kier molecular flexibility index (Phi) is 3.84. The van der Waals surface area contributed by atoms with Crippen LogP contribution in [0.2, 0.25) is 0 Å². The second-order valence-electron chi connectivity index (χ2n) is 3.32. The minimum absolute atomic E-state index is 0.0885. The molecule has 3 heteroatoms. The molecule has 12 heavy (non-hydrogen) atoms. The third kappa shape index (κ3) is 2.36. The molecule has 0 unspecified atom stereocenters. The Morgan fingerprint density at radius 1 is 1.42 bits per heavy atom. The molecule has 1 heterocycles. The third-order valence-corrected chi connectivity index (χ3v) is 3.59. The molecule has 0 atom stereocenters. The van der Waals surface area contributed by atoms with Crippen molar-refractivity contribution in [2.45, 2.75) is 45.1 Å². The maximum absolute atomic E-state index is 5.72. The maximum Gasteiger partial charge on any atom is 0.220 e. The van der Waals surface area contributed by atoms with Crippen molar-refractivity contribution in [3.63, 3.8) is 0 Å². The lowest BCUT2D eigenvalue weighted by Gasteiger charge is -2.26. The van der Waals surface area contributed by atoms with Gasteiger partial charge in [-0.3, -0.25) is 0 Å². The normalized spacial score (nSPS) is 21.0. The summed E-state index contributed by atoms with van der Waals surface area (Å²) in [6.45, 7) is 4.40. The first-order valence-corrected chi connectivity index (χ1v) is 5.97. The summed E-state index contributed by atoms with van der Waals surface area (Å²) in [5.41, 5.74) is 0.0885. The van der Waals surface area contributed by atoms with Crippen molar-refractivity contribution in [3.05, 3.63) is 0 Å². The van der Waals surface area contributed by atoms with Crippen molar-refractivity contribution < 1.29 is 4.74 Å². The zero-order valence-corrected chi connectivity index (χ0v) is 9.39. The van der Waals surface area contributed by atoms with Gasteiger partial charge >= 0.3 is 0 Å². The fourth-order valence-corrected chi connectivity index (χ4v) is 3.03. The molecule has 0 bridgehead atoms. The Morgan fingerprint density at radius 3 is 2.33 bits per heavy atom. The van der Waals surface area contributed by atoms with Crippen LogP contribution in [0.5, 0.6) is 0 Å². The van der Waals surface area contributed by atoms with E-state index in [0.29, 0.717) is 0 Å². The van der Waals surface area contributed by atoms with Gasteiger partial charge in [-0.25, -0.2) is 0 Å². The first-order valence-electron chi connectivity index (χ1n) is 4.58. The molecule has 0 aromatic rings. The molecule has 1 aliphatic rings. The van der Waals surface area contributed by atoms with E-state index in [1.807, 2.05) is 0 Å². The van der Waals surface area contributed by atoms with Gasteiger partial charge < -0.3 is 4.74 Å². The SMILES string of the molecule is CCCC1(CCC)CSC(=S)O1. The highest BCUT2D eigenvalue weighted by Gasteiger charge is 2.37. The van der Waals surface area contributed by atoms with E-state index in [4.69, 9.17) is 17.0 Å². The van der Waals surface area contributed by atoms with Gasteiger partial charge in [0, 0.05) is 5.75 Å². The number of rotatable bonds is 4. The van der Waals surface area contributed by atoms with Crippen LogP contribution < -0.4 is 0 Å². The molecular formula is C9H16OS2. The van der Waals surface area contributed by atoms with Gasteiger partial charge in [-0.1, -0.05) is 38.5 Å². The van der Waals surface area contributed by atoms with Crippen LogP contribution in [0.3, 0.4) is 0 Å². The second-order valence-corrected chi connectivity index (χ2v) is 4.90. The predicted molar refractivity (Wildman–Crippen MR) is 58.7 cm³/mol. The highest BCUT2D eigenvalue weighted by Crippen LogP contribution is 2.36. The summed E-state index contributed by atoms with van der Waals surface area (Å²) in [4.78, 5) is 0. The minimum atomic E-state index is 0.0885. The first kappa shape index (κ1) is 10.3. The summed E-state index contributed by atoms with van der Waals surface area (Å²) in [6.07, 6.45) is 4.66. The molecule has 0 saturated carbocycles. The summed E-state index contributed by atoms with van der Waals surface area (Å²) >= 11 is 6.73. The number of ether oxygens (including phenoxy) is 1. The van der Waals surface area contributed by atoms with E-state index in [-0.39, 0.29) is 5.60 Å². The van der Waals surface area contributed by atoms with E-state index in [1.165, 1.54) is 12.8 Å². The van der Waals surface area contributed by atoms with Crippen LogP contribution in [0.25, 0.3) is 0 Å². The van der Waals surface area contributed by atoms with Crippen LogP contribution in [0.15, 0.2) is 0 Å². The summed E-state index contributed by atoms with van der Waals surface area (Å²) in [5, 5.41) is 0. The second kappa shape index (κ2) is 4.47. The molecule has 0 N–H and O–H groups in total. The molecule has 0 spiro atoms. The molecule has 0 amide bonds. The summed E-state index contributed by atoms with van der Waals surface area (Å²) in [5.74, 6) is 1.06. The lowest BCUT2D eigenvalue weighted by molar-refractivity contribution is 0.0769. The molecule has 0 radical (unpaired) electrons. The van der Waals surface area contributed by atoms with Gasteiger partial charge in [-0.2, -0.15) is 0 Å². The number of hydrogen-bond donors (Lipinski definition) is 0. The van der Waals surface area contributed by atoms with Crippen molar-refractivity contribution in [3.8, 4) is 0 Å². The smallest absolute Gasteiger partial charge is 0.220 e. The van der Waals surface area contributed by atoms with E-state index >= 15 is 0 Å². The van der Waals surface area contributed by atoms with Crippen LogP contribution in [0, 0.1) is 0 Å². The molecule has 1 fully saturated rings. The Labute approximate surface area is 84.2 Å². The number of thioether (sulfide) groups is 1. The van der Waals surface area contributed by atoms with E-state index < -0.39 is 0 Å². The van der Waals surface area contributed by atoms with Gasteiger partial charge in [0.25, 0.3) is 0 Å². The number of thiocarbonyl (C=S) groups is 1. The van der Waals surface area contributed by atoms with Crippen molar-refractivity contribution >= 4 is 28.4 Å². The lowest BCUT2D eigenvalue weighted by Crippen LogP contribution is -2.30.